The third-order valence-electron chi connectivity index (χ3n) is 4.00. The summed E-state index contributed by atoms with van der Waals surface area (Å²) in [7, 11) is 0. The highest BCUT2D eigenvalue weighted by Gasteiger charge is 2.22. The molecule has 2 aromatic rings. The Labute approximate surface area is 135 Å². The maximum absolute atomic E-state index is 12.0. The van der Waals surface area contributed by atoms with Crippen molar-refractivity contribution in [3.63, 3.8) is 0 Å². The summed E-state index contributed by atoms with van der Waals surface area (Å²) >= 11 is 5.99. The number of benzene rings is 2. The standard InChI is InChI=1S/C19H18ClNO/c1-13-9-16(20)7-8-19(13)21-17-10-15(11-18(22)12-17)14-5-3-2-4-6-14/h2-9,12,15,21H,10-11H2,1H3/t15-/m1/s1. The number of hydrogen-bond donors (Lipinski definition) is 1. The fourth-order valence-electron chi connectivity index (χ4n) is 2.88. The number of anilines is 1. The molecule has 0 unspecified atom stereocenters. The second-order valence-electron chi connectivity index (χ2n) is 5.74. The third kappa shape index (κ3) is 3.40. The van der Waals surface area contributed by atoms with Crippen LogP contribution >= 0.6 is 11.6 Å². The number of carbonyl (C=O) groups is 1. The molecule has 0 amide bonds. The first-order chi connectivity index (χ1) is 10.6. The highest BCUT2D eigenvalue weighted by atomic mass is 35.5. The molecule has 112 valence electrons. The van der Waals surface area contributed by atoms with Crippen molar-refractivity contribution in [1.82, 2.24) is 0 Å². The van der Waals surface area contributed by atoms with E-state index in [1.165, 1.54) is 5.56 Å². The van der Waals surface area contributed by atoms with Gasteiger partial charge in [-0.1, -0.05) is 41.9 Å². The molecule has 0 radical (unpaired) electrons. The predicted molar refractivity (Wildman–Crippen MR) is 91.3 cm³/mol. The average molecular weight is 312 g/mol. The Bertz CT molecular complexity index is 721. The number of ketones is 1. The number of hydrogen-bond acceptors (Lipinski definition) is 2. The van der Waals surface area contributed by atoms with Gasteiger partial charge in [-0.05, 0) is 48.6 Å². The Balaban J connectivity index is 1.80. The van der Waals surface area contributed by atoms with Gasteiger partial charge < -0.3 is 5.32 Å². The quantitative estimate of drug-likeness (QED) is 0.855. The molecule has 0 bridgehead atoms. The predicted octanol–water partition coefficient (Wildman–Crippen LogP) is 5.09. The molecule has 0 aliphatic heterocycles. The Morgan fingerprint density at radius 2 is 1.86 bits per heavy atom. The summed E-state index contributed by atoms with van der Waals surface area (Å²) < 4.78 is 0. The minimum Gasteiger partial charge on any atom is -0.359 e. The van der Waals surface area contributed by atoms with Gasteiger partial charge in [0.1, 0.15) is 0 Å². The normalized spacial score (nSPS) is 18.0. The van der Waals surface area contributed by atoms with Crippen molar-refractivity contribution in [1.29, 1.82) is 0 Å². The monoisotopic (exact) mass is 311 g/mol. The first-order valence-corrected chi connectivity index (χ1v) is 7.81. The SMILES string of the molecule is Cc1cc(Cl)ccc1NC1=CC(=O)C[C@H](c2ccccc2)C1. The molecule has 1 N–H and O–H groups in total. The molecule has 1 aliphatic rings. The molecule has 1 atom stereocenters. The highest BCUT2D eigenvalue weighted by Crippen LogP contribution is 2.32. The molecular weight excluding hydrogens is 294 g/mol. The first kappa shape index (κ1) is 14.9. The fourth-order valence-corrected chi connectivity index (χ4v) is 3.11. The van der Waals surface area contributed by atoms with Crippen molar-refractivity contribution in [2.45, 2.75) is 25.7 Å². The zero-order chi connectivity index (χ0) is 15.5. The molecule has 0 saturated carbocycles. The number of carbonyl (C=O) groups excluding carboxylic acids is 1. The highest BCUT2D eigenvalue weighted by molar-refractivity contribution is 6.30. The maximum Gasteiger partial charge on any atom is 0.158 e. The van der Waals surface area contributed by atoms with Crippen LogP contribution in [0.3, 0.4) is 0 Å². The topological polar surface area (TPSA) is 29.1 Å². The zero-order valence-electron chi connectivity index (χ0n) is 12.5. The van der Waals surface area contributed by atoms with E-state index in [4.69, 9.17) is 11.6 Å². The van der Waals surface area contributed by atoms with Gasteiger partial charge in [-0.2, -0.15) is 0 Å². The molecule has 2 nitrogen and oxygen atoms in total. The number of rotatable bonds is 3. The zero-order valence-corrected chi connectivity index (χ0v) is 13.2. The molecule has 0 fully saturated rings. The van der Waals surface area contributed by atoms with Crippen LogP contribution in [0.25, 0.3) is 0 Å². The van der Waals surface area contributed by atoms with Crippen molar-refractivity contribution in [2.75, 3.05) is 5.32 Å². The molecule has 3 rings (SSSR count). The van der Waals surface area contributed by atoms with Crippen molar-refractivity contribution in [3.05, 3.63) is 76.5 Å². The average Bonchev–Trinajstić information content (AvgIpc) is 2.50. The Morgan fingerprint density at radius 3 is 2.59 bits per heavy atom. The van der Waals surface area contributed by atoms with E-state index in [0.717, 1.165) is 28.4 Å². The van der Waals surface area contributed by atoms with E-state index in [-0.39, 0.29) is 11.7 Å². The molecule has 0 aromatic heterocycles. The molecule has 2 aromatic carbocycles. The van der Waals surface area contributed by atoms with Gasteiger partial charge in [-0.15, -0.1) is 0 Å². The Hall–Kier alpha value is -2.06. The molecule has 3 heteroatoms. The van der Waals surface area contributed by atoms with Crippen molar-refractivity contribution < 1.29 is 4.79 Å². The van der Waals surface area contributed by atoms with Crippen LogP contribution in [0.4, 0.5) is 5.69 Å². The van der Waals surface area contributed by atoms with Gasteiger partial charge in [0.2, 0.25) is 0 Å². The van der Waals surface area contributed by atoms with E-state index in [1.807, 2.05) is 43.3 Å². The van der Waals surface area contributed by atoms with Crippen LogP contribution < -0.4 is 5.32 Å². The molecule has 0 heterocycles. The molecular formula is C19H18ClNO. The van der Waals surface area contributed by atoms with Crippen LogP contribution in [0.2, 0.25) is 5.02 Å². The number of halogens is 1. The van der Waals surface area contributed by atoms with Crippen LogP contribution in [0, 0.1) is 6.92 Å². The van der Waals surface area contributed by atoms with Crippen LogP contribution in [-0.4, -0.2) is 5.78 Å². The van der Waals surface area contributed by atoms with Gasteiger partial charge in [0.15, 0.2) is 5.78 Å². The molecule has 0 spiro atoms. The summed E-state index contributed by atoms with van der Waals surface area (Å²) in [6.45, 7) is 2.01. The minimum atomic E-state index is 0.175. The van der Waals surface area contributed by atoms with E-state index in [0.29, 0.717) is 6.42 Å². The summed E-state index contributed by atoms with van der Waals surface area (Å²) in [4.78, 5) is 12.0. The van der Waals surface area contributed by atoms with Gasteiger partial charge in [0, 0.05) is 28.9 Å². The van der Waals surface area contributed by atoms with Crippen LogP contribution in [0.5, 0.6) is 0 Å². The lowest BCUT2D eigenvalue weighted by atomic mass is 9.85. The second-order valence-corrected chi connectivity index (χ2v) is 6.17. The van der Waals surface area contributed by atoms with E-state index in [2.05, 4.69) is 17.4 Å². The van der Waals surface area contributed by atoms with Gasteiger partial charge >= 0.3 is 0 Å². The van der Waals surface area contributed by atoms with Gasteiger partial charge in [-0.25, -0.2) is 0 Å². The lowest BCUT2D eigenvalue weighted by molar-refractivity contribution is -0.115. The largest absolute Gasteiger partial charge is 0.359 e. The molecule has 1 aliphatic carbocycles. The number of aryl methyl sites for hydroxylation is 1. The third-order valence-corrected chi connectivity index (χ3v) is 4.24. The van der Waals surface area contributed by atoms with Crippen LogP contribution in [0.15, 0.2) is 60.3 Å². The summed E-state index contributed by atoms with van der Waals surface area (Å²) in [5.74, 6) is 0.419. The van der Waals surface area contributed by atoms with E-state index >= 15 is 0 Å². The maximum atomic E-state index is 12.0. The second kappa shape index (κ2) is 6.37. The minimum absolute atomic E-state index is 0.175. The lowest BCUT2D eigenvalue weighted by Gasteiger charge is -2.24. The Morgan fingerprint density at radius 1 is 1.09 bits per heavy atom. The van der Waals surface area contributed by atoms with Crippen LogP contribution in [0.1, 0.15) is 29.9 Å². The van der Waals surface area contributed by atoms with Gasteiger partial charge in [0.25, 0.3) is 0 Å². The lowest BCUT2D eigenvalue weighted by Crippen LogP contribution is -2.17. The van der Waals surface area contributed by atoms with Crippen LogP contribution in [-0.2, 0) is 4.79 Å². The summed E-state index contributed by atoms with van der Waals surface area (Å²) in [5.41, 5.74) is 4.26. The number of nitrogens with one attached hydrogen (secondary N) is 1. The van der Waals surface area contributed by atoms with Crippen molar-refractivity contribution in [3.8, 4) is 0 Å². The molecule has 22 heavy (non-hydrogen) atoms. The van der Waals surface area contributed by atoms with Crippen molar-refractivity contribution in [2.24, 2.45) is 0 Å². The van der Waals surface area contributed by atoms with Gasteiger partial charge in [-0.3, -0.25) is 4.79 Å². The van der Waals surface area contributed by atoms with Crippen molar-refractivity contribution >= 4 is 23.1 Å². The van der Waals surface area contributed by atoms with E-state index in [1.54, 1.807) is 6.08 Å². The fraction of sp³-hybridized carbons (Fsp3) is 0.211. The number of allylic oxidation sites excluding steroid dienone is 2. The van der Waals surface area contributed by atoms with E-state index < -0.39 is 0 Å². The first-order valence-electron chi connectivity index (χ1n) is 7.43. The Kier molecular flexibility index (Phi) is 4.30. The summed E-state index contributed by atoms with van der Waals surface area (Å²) in [5, 5.41) is 4.11. The smallest absolute Gasteiger partial charge is 0.158 e. The van der Waals surface area contributed by atoms with E-state index in [9.17, 15) is 4.79 Å². The van der Waals surface area contributed by atoms with Gasteiger partial charge in [0.05, 0.1) is 0 Å². The molecule has 0 saturated heterocycles. The summed E-state index contributed by atoms with van der Waals surface area (Å²) in [6, 6.07) is 16.0. The summed E-state index contributed by atoms with van der Waals surface area (Å²) in [6.07, 6.45) is 3.15.